The van der Waals surface area contributed by atoms with Gasteiger partial charge in [-0.25, -0.2) is 9.37 Å². The third-order valence-electron chi connectivity index (χ3n) is 3.94. The van der Waals surface area contributed by atoms with Crippen molar-refractivity contribution < 1.29 is 14.0 Å². The molecule has 0 aliphatic carbocycles. The van der Waals surface area contributed by atoms with E-state index in [1.165, 1.54) is 35.7 Å². The van der Waals surface area contributed by atoms with E-state index in [4.69, 9.17) is 0 Å². The first kappa shape index (κ1) is 18.3. The smallest absolute Gasteiger partial charge is 0.267 e. The number of amides is 2. The Kier molecular flexibility index (Phi) is 4.89. The van der Waals surface area contributed by atoms with Crippen LogP contribution in [-0.4, -0.2) is 16.8 Å². The molecule has 2 aromatic heterocycles. The van der Waals surface area contributed by atoms with Crippen LogP contribution >= 0.6 is 22.7 Å². The van der Waals surface area contributed by atoms with Crippen LogP contribution < -0.4 is 10.6 Å². The molecule has 4 aromatic rings. The first-order valence-electron chi connectivity index (χ1n) is 8.32. The van der Waals surface area contributed by atoms with E-state index < -0.39 is 5.82 Å². The maximum atomic E-state index is 14.4. The van der Waals surface area contributed by atoms with Crippen LogP contribution in [0.1, 0.15) is 16.6 Å². The molecule has 28 heavy (non-hydrogen) atoms. The Labute approximate surface area is 167 Å². The summed E-state index contributed by atoms with van der Waals surface area (Å²) in [5, 5.41) is 8.38. The van der Waals surface area contributed by atoms with Gasteiger partial charge in [0.25, 0.3) is 5.91 Å². The number of thiophene rings is 1. The Morgan fingerprint density at radius 3 is 2.64 bits per heavy atom. The Morgan fingerprint density at radius 1 is 1.07 bits per heavy atom. The second kappa shape index (κ2) is 7.49. The molecule has 2 N–H and O–H groups in total. The molecule has 0 spiro atoms. The van der Waals surface area contributed by atoms with E-state index in [0.717, 1.165) is 10.1 Å². The monoisotopic (exact) mass is 411 g/mol. The predicted octanol–water partition coefficient (Wildman–Crippen LogP) is 5.37. The van der Waals surface area contributed by atoms with Crippen LogP contribution in [0.25, 0.3) is 21.3 Å². The van der Waals surface area contributed by atoms with E-state index in [-0.39, 0.29) is 11.8 Å². The number of nitrogens with zero attached hydrogens (tertiary/aromatic N) is 1. The van der Waals surface area contributed by atoms with Crippen LogP contribution in [0.3, 0.4) is 0 Å². The molecule has 0 saturated carbocycles. The lowest BCUT2D eigenvalue weighted by atomic mass is 10.1. The SMILES string of the molecule is CC(=O)Nc1ccc(-c2csc(NC(=O)c3cc4ccccc4s3)n2)c(F)c1. The number of rotatable bonds is 4. The van der Waals surface area contributed by atoms with Gasteiger partial charge in [-0.2, -0.15) is 0 Å². The summed E-state index contributed by atoms with van der Waals surface area (Å²) in [6, 6.07) is 14.0. The summed E-state index contributed by atoms with van der Waals surface area (Å²) < 4.78 is 15.4. The van der Waals surface area contributed by atoms with E-state index in [1.54, 1.807) is 17.5 Å². The fourth-order valence-corrected chi connectivity index (χ4v) is 4.37. The van der Waals surface area contributed by atoms with Gasteiger partial charge < -0.3 is 5.32 Å². The van der Waals surface area contributed by atoms with Gasteiger partial charge in [-0.3, -0.25) is 14.9 Å². The Balaban J connectivity index is 1.52. The maximum absolute atomic E-state index is 14.4. The van der Waals surface area contributed by atoms with E-state index >= 15 is 0 Å². The quantitative estimate of drug-likeness (QED) is 0.474. The summed E-state index contributed by atoms with van der Waals surface area (Å²) in [7, 11) is 0. The summed E-state index contributed by atoms with van der Waals surface area (Å²) >= 11 is 2.63. The van der Waals surface area contributed by atoms with Gasteiger partial charge in [0.1, 0.15) is 5.82 Å². The van der Waals surface area contributed by atoms with Crippen molar-refractivity contribution in [2.24, 2.45) is 0 Å². The average molecular weight is 411 g/mol. The minimum atomic E-state index is -0.501. The van der Waals surface area contributed by atoms with Gasteiger partial charge in [-0.05, 0) is 35.7 Å². The van der Waals surface area contributed by atoms with E-state index in [0.29, 0.717) is 27.0 Å². The Morgan fingerprint density at radius 2 is 1.89 bits per heavy atom. The molecule has 4 rings (SSSR count). The molecule has 0 bridgehead atoms. The van der Waals surface area contributed by atoms with Gasteiger partial charge in [-0.1, -0.05) is 18.2 Å². The fourth-order valence-electron chi connectivity index (χ4n) is 2.71. The highest BCUT2D eigenvalue weighted by Crippen LogP contribution is 2.30. The highest BCUT2D eigenvalue weighted by atomic mass is 32.1. The highest BCUT2D eigenvalue weighted by Gasteiger charge is 2.15. The number of nitrogens with one attached hydrogen (secondary N) is 2. The standard InChI is InChI=1S/C20H14FN3O2S2/c1-11(25)22-13-6-7-14(15(21)9-13)16-10-27-20(23-16)24-19(26)18-8-12-4-2-3-5-17(12)28-18/h2-10H,1H3,(H,22,25)(H,23,24,26). The first-order valence-corrected chi connectivity index (χ1v) is 10.0. The van der Waals surface area contributed by atoms with Crippen LogP contribution in [0.4, 0.5) is 15.2 Å². The van der Waals surface area contributed by atoms with Crippen LogP contribution in [0, 0.1) is 5.82 Å². The molecular weight excluding hydrogens is 397 g/mol. The third-order valence-corrected chi connectivity index (χ3v) is 5.81. The zero-order valence-electron chi connectivity index (χ0n) is 14.7. The van der Waals surface area contributed by atoms with Gasteiger partial charge in [0, 0.05) is 28.3 Å². The number of carbonyl (C=O) groups excluding carboxylic acids is 2. The van der Waals surface area contributed by atoms with Crippen LogP contribution in [-0.2, 0) is 4.79 Å². The van der Waals surface area contributed by atoms with Crippen LogP contribution in [0.15, 0.2) is 53.9 Å². The third kappa shape index (κ3) is 3.78. The van der Waals surface area contributed by atoms with Crippen molar-refractivity contribution in [3.05, 3.63) is 64.6 Å². The summed E-state index contributed by atoms with van der Waals surface area (Å²) in [6.45, 7) is 1.36. The van der Waals surface area contributed by atoms with Crippen molar-refractivity contribution in [1.29, 1.82) is 0 Å². The van der Waals surface area contributed by atoms with Gasteiger partial charge in [0.2, 0.25) is 5.91 Å². The van der Waals surface area contributed by atoms with Crippen molar-refractivity contribution in [2.75, 3.05) is 10.6 Å². The van der Waals surface area contributed by atoms with Crippen LogP contribution in [0.2, 0.25) is 0 Å². The molecule has 2 amide bonds. The molecule has 5 nitrogen and oxygen atoms in total. The summed E-state index contributed by atoms with van der Waals surface area (Å²) in [5.41, 5.74) is 1.10. The van der Waals surface area contributed by atoms with Crippen molar-refractivity contribution >= 4 is 55.4 Å². The largest absolute Gasteiger partial charge is 0.326 e. The van der Waals surface area contributed by atoms with E-state index in [9.17, 15) is 14.0 Å². The number of halogens is 1. The maximum Gasteiger partial charge on any atom is 0.267 e. The molecule has 8 heteroatoms. The van der Waals surface area contributed by atoms with Crippen LogP contribution in [0.5, 0.6) is 0 Å². The second-order valence-corrected chi connectivity index (χ2v) is 7.96. The molecule has 0 aliphatic heterocycles. The first-order chi connectivity index (χ1) is 13.5. The number of carbonyl (C=O) groups is 2. The lowest BCUT2D eigenvalue weighted by Gasteiger charge is -2.04. The molecule has 0 saturated heterocycles. The number of anilines is 2. The minimum absolute atomic E-state index is 0.247. The van der Waals surface area contributed by atoms with E-state index in [1.807, 2.05) is 30.3 Å². The number of benzene rings is 2. The van der Waals surface area contributed by atoms with Gasteiger partial charge in [-0.15, -0.1) is 22.7 Å². The van der Waals surface area contributed by atoms with Gasteiger partial charge in [0.05, 0.1) is 10.6 Å². The molecule has 0 fully saturated rings. The van der Waals surface area contributed by atoms with E-state index in [2.05, 4.69) is 15.6 Å². The van der Waals surface area contributed by atoms with Crippen molar-refractivity contribution in [3.8, 4) is 11.3 Å². The molecular formula is C20H14FN3O2S2. The molecule has 0 radical (unpaired) electrons. The van der Waals surface area contributed by atoms with Crippen molar-refractivity contribution in [3.63, 3.8) is 0 Å². The average Bonchev–Trinajstić information content (AvgIpc) is 3.28. The zero-order chi connectivity index (χ0) is 19.7. The van der Waals surface area contributed by atoms with Crippen molar-refractivity contribution in [1.82, 2.24) is 4.98 Å². The molecule has 0 unspecified atom stereocenters. The Hall–Kier alpha value is -3.10. The predicted molar refractivity (Wildman–Crippen MR) is 112 cm³/mol. The summed E-state index contributed by atoms with van der Waals surface area (Å²) in [6.07, 6.45) is 0. The minimum Gasteiger partial charge on any atom is -0.326 e. The zero-order valence-corrected chi connectivity index (χ0v) is 16.3. The number of fused-ring (bicyclic) bond motifs is 1. The molecule has 2 aromatic carbocycles. The molecule has 2 heterocycles. The molecule has 140 valence electrons. The molecule has 0 atom stereocenters. The Bertz CT molecular complexity index is 1170. The number of hydrogen-bond donors (Lipinski definition) is 2. The number of hydrogen-bond acceptors (Lipinski definition) is 5. The normalized spacial score (nSPS) is 10.8. The lowest BCUT2D eigenvalue weighted by molar-refractivity contribution is -0.114. The van der Waals surface area contributed by atoms with Gasteiger partial charge >= 0.3 is 0 Å². The topological polar surface area (TPSA) is 71.1 Å². The fraction of sp³-hybridized carbons (Fsp3) is 0.0500. The number of thiazole rings is 1. The van der Waals surface area contributed by atoms with Crippen molar-refractivity contribution in [2.45, 2.75) is 6.92 Å². The second-order valence-electron chi connectivity index (χ2n) is 6.02. The highest BCUT2D eigenvalue weighted by molar-refractivity contribution is 7.21. The lowest BCUT2D eigenvalue weighted by Crippen LogP contribution is -2.09. The van der Waals surface area contributed by atoms with Gasteiger partial charge in [0.15, 0.2) is 5.13 Å². The molecule has 0 aliphatic rings. The summed E-state index contributed by atoms with van der Waals surface area (Å²) in [4.78, 5) is 28.5. The summed E-state index contributed by atoms with van der Waals surface area (Å²) in [5.74, 6) is -1.02. The number of aromatic nitrogens is 1.